The zero-order valence-corrected chi connectivity index (χ0v) is 10.4. The first kappa shape index (κ1) is 9.44. The van der Waals surface area contributed by atoms with Gasteiger partial charge in [-0.1, -0.05) is 12.8 Å². The third-order valence-corrected chi connectivity index (χ3v) is 7.01. The standard InChI is InChI=1S/C7H18O2Si2/c1-8-10-7(11-9-2)5-3-4-6-7/h3-6,10-11H2,1-2H3. The van der Waals surface area contributed by atoms with Gasteiger partial charge in [0.25, 0.3) is 0 Å². The molecule has 0 amide bonds. The van der Waals surface area contributed by atoms with Crippen molar-refractivity contribution in [2.45, 2.75) is 30.3 Å². The van der Waals surface area contributed by atoms with E-state index in [0.717, 1.165) is 0 Å². The van der Waals surface area contributed by atoms with Gasteiger partial charge in [-0.05, 0) is 17.5 Å². The monoisotopic (exact) mass is 190 g/mol. The molecule has 0 aromatic carbocycles. The largest absolute Gasteiger partial charge is 0.427 e. The predicted molar refractivity (Wildman–Crippen MR) is 52.3 cm³/mol. The zero-order valence-electron chi connectivity index (χ0n) is 7.56. The summed E-state index contributed by atoms with van der Waals surface area (Å²) in [4.78, 5) is 0. The SMILES string of the molecule is CO[SiH2]C1([SiH2]OC)CCCC1. The summed E-state index contributed by atoms with van der Waals surface area (Å²) < 4.78 is 11.4. The normalized spacial score (nSPS) is 24.5. The van der Waals surface area contributed by atoms with Crippen LogP contribution in [-0.2, 0) is 8.85 Å². The molecule has 1 aliphatic rings. The minimum atomic E-state index is -0.283. The van der Waals surface area contributed by atoms with Crippen molar-refractivity contribution in [3.63, 3.8) is 0 Å². The van der Waals surface area contributed by atoms with E-state index in [0.29, 0.717) is 4.66 Å². The maximum atomic E-state index is 5.38. The average molecular weight is 190 g/mol. The summed E-state index contributed by atoms with van der Waals surface area (Å²) in [6.07, 6.45) is 5.61. The fourth-order valence-corrected chi connectivity index (χ4v) is 6.43. The second kappa shape index (κ2) is 4.40. The Hall–Kier alpha value is 0.354. The van der Waals surface area contributed by atoms with Gasteiger partial charge in [0.2, 0.25) is 0 Å². The van der Waals surface area contributed by atoms with Crippen molar-refractivity contribution in [3.05, 3.63) is 0 Å². The van der Waals surface area contributed by atoms with Gasteiger partial charge < -0.3 is 8.85 Å². The quantitative estimate of drug-likeness (QED) is 0.587. The molecule has 1 aliphatic carbocycles. The van der Waals surface area contributed by atoms with Gasteiger partial charge in [-0.2, -0.15) is 0 Å². The molecule has 0 unspecified atom stereocenters. The summed E-state index contributed by atoms with van der Waals surface area (Å²) in [6.45, 7) is 0. The van der Waals surface area contributed by atoms with Gasteiger partial charge in [-0.25, -0.2) is 0 Å². The molecule has 4 heteroatoms. The van der Waals surface area contributed by atoms with Crippen molar-refractivity contribution >= 4 is 19.5 Å². The fourth-order valence-electron chi connectivity index (χ4n) is 2.07. The van der Waals surface area contributed by atoms with Crippen molar-refractivity contribution in [3.8, 4) is 0 Å². The summed E-state index contributed by atoms with van der Waals surface area (Å²) in [7, 11) is 3.15. The van der Waals surface area contributed by atoms with Gasteiger partial charge in [-0.3, -0.25) is 0 Å². The van der Waals surface area contributed by atoms with Crippen LogP contribution in [0.1, 0.15) is 25.7 Å². The highest BCUT2D eigenvalue weighted by Gasteiger charge is 2.34. The minimum Gasteiger partial charge on any atom is -0.427 e. The van der Waals surface area contributed by atoms with Gasteiger partial charge >= 0.3 is 0 Å². The van der Waals surface area contributed by atoms with Crippen LogP contribution in [0, 0.1) is 0 Å². The van der Waals surface area contributed by atoms with E-state index >= 15 is 0 Å². The van der Waals surface area contributed by atoms with Crippen molar-refractivity contribution in [1.82, 2.24) is 0 Å². The molecule has 0 heterocycles. The Morgan fingerprint density at radius 3 is 1.82 bits per heavy atom. The second-order valence-corrected chi connectivity index (χ2v) is 9.31. The molecule has 0 aromatic rings. The highest BCUT2D eigenvalue weighted by molar-refractivity contribution is 6.55. The average Bonchev–Trinajstić information content (AvgIpc) is 2.39. The Morgan fingerprint density at radius 2 is 1.45 bits per heavy atom. The van der Waals surface area contributed by atoms with Crippen LogP contribution in [0.3, 0.4) is 0 Å². The maximum absolute atomic E-state index is 5.38. The Kier molecular flexibility index (Phi) is 3.77. The summed E-state index contributed by atoms with van der Waals surface area (Å²) in [6, 6.07) is 0. The number of rotatable bonds is 4. The van der Waals surface area contributed by atoms with Crippen LogP contribution in [0.5, 0.6) is 0 Å². The zero-order chi connectivity index (χ0) is 8.16. The molecule has 11 heavy (non-hydrogen) atoms. The Bertz CT molecular complexity index is 105. The van der Waals surface area contributed by atoms with Crippen LogP contribution in [0.4, 0.5) is 0 Å². The van der Waals surface area contributed by atoms with Crippen LogP contribution >= 0.6 is 0 Å². The van der Waals surface area contributed by atoms with Crippen LogP contribution in [0.2, 0.25) is 4.66 Å². The van der Waals surface area contributed by atoms with E-state index < -0.39 is 0 Å². The first-order valence-corrected chi connectivity index (χ1v) is 6.88. The van der Waals surface area contributed by atoms with Crippen molar-refractivity contribution < 1.29 is 8.85 Å². The molecular weight excluding hydrogens is 172 g/mol. The first-order valence-electron chi connectivity index (χ1n) is 4.31. The lowest BCUT2D eigenvalue weighted by atomic mass is 10.3. The molecular formula is C7H18O2Si2. The smallest absolute Gasteiger partial charge is 0.166 e. The lowest BCUT2D eigenvalue weighted by molar-refractivity contribution is 0.391. The van der Waals surface area contributed by atoms with E-state index in [2.05, 4.69) is 0 Å². The molecule has 0 aliphatic heterocycles. The Morgan fingerprint density at radius 1 is 1.00 bits per heavy atom. The Balaban J connectivity index is 2.40. The minimum absolute atomic E-state index is 0.283. The number of hydrogen-bond acceptors (Lipinski definition) is 2. The van der Waals surface area contributed by atoms with Crippen LogP contribution in [0.15, 0.2) is 0 Å². The Labute approximate surface area is 73.5 Å². The fraction of sp³-hybridized carbons (Fsp3) is 1.00. The second-order valence-electron chi connectivity index (χ2n) is 3.57. The molecule has 0 saturated heterocycles. The van der Waals surface area contributed by atoms with Gasteiger partial charge in [0.1, 0.15) is 0 Å². The van der Waals surface area contributed by atoms with Crippen LogP contribution in [0.25, 0.3) is 0 Å². The molecule has 0 atom stereocenters. The highest BCUT2D eigenvalue weighted by Crippen LogP contribution is 2.42. The summed E-state index contributed by atoms with van der Waals surface area (Å²) in [5, 5.41) is 0. The lowest BCUT2D eigenvalue weighted by Gasteiger charge is -2.25. The van der Waals surface area contributed by atoms with E-state index in [4.69, 9.17) is 8.85 Å². The molecule has 0 spiro atoms. The van der Waals surface area contributed by atoms with Gasteiger partial charge in [0.05, 0.1) is 0 Å². The summed E-state index contributed by atoms with van der Waals surface area (Å²) >= 11 is 0. The molecule has 1 fully saturated rings. The summed E-state index contributed by atoms with van der Waals surface area (Å²) in [5.41, 5.74) is 0. The van der Waals surface area contributed by atoms with Crippen molar-refractivity contribution in [2.24, 2.45) is 0 Å². The predicted octanol–water partition coefficient (Wildman–Crippen LogP) is 0.137. The van der Waals surface area contributed by atoms with Crippen molar-refractivity contribution in [2.75, 3.05) is 14.2 Å². The maximum Gasteiger partial charge on any atom is 0.166 e. The van der Waals surface area contributed by atoms with E-state index in [1.165, 1.54) is 25.7 Å². The molecule has 1 rings (SSSR count). The third-order valence-electron chi connectivity index (χ3n) is 2.57. The van der Waals surface area contributed by atoms with Gasteiger partial charge in [0, 0.05) is 14.2 Å². The summed E-state index contributed by atoms with van der Waals surface area (Å²) in [5.74, 6) is 0. The third kappa shape index (κ3) is 2.40. The number of hydrogen-bond donors (Lipinski definition) is 0. The van der Waals surface area contributed by atoms with Crippen LogP contribution in [-0.4, -0.2) is 33.7 Å². The highest BCUT2D eigenvalue weighted by atomic mass is 28.3. The topological polar surface area (TPSA) is 18.5 Å². The molecule has 0 radical (unpaired) electrons. The molecule has 0 bridgehead atoms. The van der Waals surface area contributed by atoms with E-state index in [9.17, 15) is 0 Å². The van der Waals surface area contributed by atoms with Crippen LogP contribution < -0.4 is 0 Å². The van der Waals surface area contributed by atoms with Gasteiger partial charge in [0.15, 0.2) is 19.5 Å². The molecule has 1 saturated carbocycles. The van der Waals surface area contributed by atoms with E-state index in [1.54, 1.807) is 0 Å². The molecule has 0 aromatic heterocycles. The molecule has 0 N–H and O–H groups in total. The van der Waals surface area contributed by atoms with Gasteiger partial charge in [-0.15, -0.1) is 0 Å². The molecule has 66 valence electrons. The molecule has 2 nitrogen and oxygen atoms in total. The van der Waals surface area contributed by atoms with E-state index in [-0.39, 0.29) is 19.5 Å². The van der Waals surface area contributed by atoms with E-state index in [1.807, 2.05) is 14.2 Å². The first-order chi connectivity index (χ1) is 5.33. The van der Waals surface area contributed by atoms with Crippen molar-refractivity contribution in [1.29, 1.82) is 0 Å². The lowest BCUT2D eigenvalue weighted by Crippen LogP contribution is -2.26.